The van der Waals surface area contributed by atoms with Crippen LogP contribution in [0.4, 0.5) is 17.3 Å². The molecular weight excluding hydrogens is 452 g/mol. The van der Waals surface area contributed by atoms with E-state index in [9.17, 15) is 9.59 Å². The average Bonchev–Trinajstić information content (AvgIpc) is 3.26. The Hall–Kier alpha value is -4.13. The number of H-pyrrole nitrogens is 1. The van der Waals surface area contributed by atoms with Crippen molar-refractivity contribution in [2.75, 3.05) is 16.8 Å². The number of para-hydroxylation sites is 1. The Kier molecular flexibility index (Phi) is 6.46. The Balaban J connectivity index is 1.32. The first-order chi connectivity index (χ1) is 17.4. The van der Waals surface area contributed by atoms with Gasteiger partial charge in [0.25, 0.3) is 0 Å². The topological polar surface area (TPSA) is 98.3 Å². The Morgan fingerprint density at radius 2 is 1.97 bits per heavy atom. The summed E-state index contributed by atoms with van der Waals surface area (Å²) < 4.78 is 0. The highest BCUT2D eigenvalue weighted by Crippen LogP contribution is 2.32. The monoisotopic (exact) mass is 482 g/mol. The second kappa shape index (κ2) is 9.85. The highest BCUT2D eigenvalue weighted by Gasteiger charge is 2.24. The fourth-order valence-corrected chi connectivity index (χ4v) is 4.90. The van der Waals surface area contributed by atoms with E-state index in [1.54, 1.807) is 0 Å². The summed E-state index contributed by atoms with van der Waals surface area (Å²) in [6.45, 7) is 4.66. The molecule has 0 radical (unpaired) electrons. The van der Waals surface area contributed by atoms with Crippen molar-refractivity contribution in [3.63, 3.8) is 0 Å². The summed E-state index contributed by atoms with van der Waals surface area (Å²) in [5, 5.41) is 12.5. The van der Waals surface area contributed by atoms with E-state index in [1.807, 2.05) is 73.3 Å². The molecule has 2 heterocycles. The number of carboxylic acids is 1. The molecule has 1 aromatic heterocycles. The first-order valence-corrected chi connectivity index (χ1v) is 12.3. The molecule has 1 aliphatic heterocycles. The number of nitrogens with one attached hydrogen (secondary N) is 2. The molecule has 1 amide bonds. The van der Waals surface area contributed by atoms with Crippen LogP contribution in [0.2, 0.25) is 0 Å². The fourth-order valence-electron chi connectivity index (χ4n) is 4.90. The zero-order valence-corrected chi connectivity index (χ0v) is 20.5. The summed E-state index contributed by atoms with van der Waals surface area (Å²) in [4.78, 5) is 34.2. The van der Waals surface area contributed by atoms with E-state index in [0.717, 1.165) is 57.5 Å². The molecule has 0 saturated heterocycles. The first kappa shape index (κ1) is 23.6. The summed E-state index contributed by atoms with van der Waals surface area (Å²) >= 11 is 0. The zero-order chi connectivity index (χ0) is 25.2. The largest absolute Gasteiger partial charge is 0.481 e. The Labute approximate surface area is 210 Å². The molecule has 1 aliphatic rings. The van der Waals surface area contributed by atoms with Gasteiger partial charge < -0.3 is 20.3 Å². The molecule has 3 aromatic carbocycles. The third kappa shape index (κ3) is 4.96. The van der Waals surface area contributed by atoms with Crippen LogP contribution in [0.5, 0.6) is 0 Å². The molecule has 0 spiro atoms. The van der Waals surface area contributed by atoms with Crippen molar-refractivity contribution >= 4 is 40.2 Å². The molecule has 36 heavy (non-hydrogen) atoms. The van der Waals surface area contributed by atoms with Gasteiger partial charge in [0.1, 0.15) is 0 Å². The highest BCUT2D eigenvalue weighted by atomic mass is 16.4. The summed E-state index contributed by atoms with van der Waals surface area (Å²) in [5.41, 5.74) is 7.83. The molecule has 0 bridgehead atoms. The van der Waals surface area contributed by atoms with Gasteiger partial charge in [-0.15, -0.1) is 0 Å². The van der Waals surface area contributed by atoms with Gasteiger partial charge in [0.05, 0.1) is 23.9 Å². The SMILES string of the molecule is Cc1ccccc1Nc1nc2ccc(CC(=O)N3CCCc4cc(C(C)CC(=O)O)ccc43)cc2[nH]1. The molecule has 0 saturated carbocycles. The normalized spacial score (nSPS) is 13.9. The molecule has 3 N–H and O–H groups in total. The maximum absolute atomic E-state index is 13.3. The number of aromatic amines is 1. The van der Waals surface area contributed by atoms with Crippen LogP contribution in [0, 0.1) is 6.92 Å². The molecule has 184 valence electrons. The number of anilines is 3. The number of aliphatic carboxylic acids is 1. The predicted octanol–water partition coefficient (Wildman–Crippen LogP) is 5.72. The fraction of sp³-hybridized carbons (Fsp3) is 0.276. The Morgan fingerprint density at radius 1 is 1.14 bits per heavy atom. The van der Waals surface area contributed by atoms with Crippen LogP contribution in [0.15, 0.2) is 60.7 Å². The van der Waals surface area contributed by atoms with Crippen LogP contribution < -0.4 is 10.2 Å². The smallest absolute Gasteiger partial charge is 0.303 e. The maximum Gasteiger partial charge on any atom is 0.303 e. The van der Waals surface area contributed by atoms with E-state index in [1.165, 1.54) is 0 Å². The van der Waals surface area contributed by atoms with Crippen LogP contribution in [-0.2, 0) is 22.4 Å². The summed E-state index contributed by atoms with van der Waals surface area (Å²) in [5.74, 6) is -0.144. The van der Waals surface area contributed by atoms with Crippen molar-refractivity contribution in [1.29, 1.82) is 0 Å². The van der Waals surface area contributed by atoms with Crippen molar-refractivity contribution in [3.8, 4) is 0 Å². The third-order valence-electron chi connectivity index (χ3n) is 6.87. The lowest BCUT2D eigenvalue weighted by molar-refractivity contribution is -0.137. The van der Waals surface area contributed by atoms with Crippen molar-refractivity contribution in [2.24, 2.45) is 0 Å². The van der Waals surface area contributed by atoms with E-state index >= 15 is 0 Å². The van der Waals surface area contributed by atoms with E-state index in [4.69, 9.17) is 5.11 Å². The average molecular weight is 483 g/mol. The summed E-state index contributed by atoms with van der Waals surface area (Å²) in [7, 11) is 0. The van der Waals surface area contributed by atoms with Crippen molar-refractivity contribution in [2.45, 2.75) is 45.4 Å². The number of hydrogen-bond acceptors (Lipinski definition) is 4. The molecule has 0 aliphatic carbocycles. The number of rotatable bonds is 7. The van der Waals surface area contributed by atoms with Gasteiger partial charge in [-0.3, -0.25) is 9.59 Å². The van der Waals surface area contributed by atoms with Crippen LogP contribution in [0.25, 0.3) is 11.0 Å². The molecular formula is C29H30N4O3. The van der Waals surface area contributed by atoms with Crippen molar-refractivity contribution < 1.29 is 14.7 Å². The number of fused-ring (bicyclic) bond motifs is 2. The van der Waals surface area contributed by atoms with Gasteiger partial charge in [0, 0.05) is 17.9 Å². The van der Waals surface area contributed by atoms with Gasteiger partial charge in [0.2, 0.25) is 11.9 Å². The second-order valence-corrected chi connectivity index (χ2v) is 9.59. The van der Waals surface area contributed by atoms with Gasteiger partial charge in [-0.1, -0.05) is 43.3 Å². The minimum Gasteiger partial charge on any atom is -0.481 e. The van der Waals surface area contributed by atoms with Gasteiger partial charge >= 0.3 is 5.97 Å². The maximum atomic E-state index is 13.3. The minimum atomic E-state index is -0.802. The molecule has 1 atom stereocenters. The number of hydrogen-bond donors (Lipinski definition) is 3. The van der Waals surface area contributed by atoms with Crippen LogP contribution in [0.1, 0.15) is 47.9 Å². The number of imidazole rings is 1. The summed E-state index contributed by atoms with van der Waals surface area (Å²) in [6.07, 6.45) is 2.18. The summed E-state index contributed by atoms with van der Waals surface area (Å²) in [6, 6.07) is 19.9. The van der Waals surface area contributed by atoms with Crippen molar-refractivity contribution in [3.05, 3.63) is 82.9 Å². The van der Waals surface area contributed by atoms with Crippen LogP contribution in [0.3, 0.4) is 0 Å². The lowest BCUT2D eigenvalue weighted by Crippen LogP contribution is -2.36. The van der Waals surface area contributed by atoms with E-state index in [0.29, 0.717) is 18.9 Å². The zero-order valence-electron chi connectivity index (χ0n) is 20.5. The van der Waals surface area contributed by atoms with E-state index < -0.39 is 5.97 Å². The van der Waals surface area contributed by atoms with Gasteiger partial charge in [-0.05, 0) is 72.2 Å². The minimum absolute atomic E-state index is 0.0550. The van der Waals surface area contributed by atoms with Gasteiger partial charge in [-0.25, -0.2) is 4.98 Å². The van der Waals surface area contributed by atoms with Crippen molar-refractivity contribution in [1.82, 2.24) is 9.97 Å². The van der Waals surface area contributed by atoms with E-state index in [-0.39, 0.29) is 18.2 Å². The molecule has 7 nitrogen and oxygen atoms in total. The number of carbonyl (C=O) groups excluding carboxylic acids is 1. The second-order valence-electron chi connectivity index (χ2n) is 9.59. The molecule has 0 fully saturated rings. The number of carboxylic acid groups (broad SMARTS) is 1. The number of aryl methyl sites for hydroxylation is 2. The Morgan fingerprint density at radius 3 is 2.78 bits per heavy atom. The standard InChI is InChI=1S/C29H30N4O3/c1-18-6-3-4-8-23(18)30-29-31-24-11-9-20(15-25(24)32-29)16-27(34)33-13-5-7-22-17-21(10-12-26(22)33)19(2)14-28(35)36/h3-4,6,8-12,15,17,19H,5,7,13-14,16H2,1-2H3,(H,35,36)(H2,30,31,32). The number of benzene rings is 3. The number of amides is 1. The first-order valence-electron chi connectivity index (χ1n) is 12.3. The lowest BCUT2D eigenvalue weighted by atomic mass is 9.92. The number of aromatic nitrogens is 2. The molecule has 4 aromatic rings. The quantitative estimate of drug-likeness (QED) is 0.313. The molecule has 1 unspecified atom stereocenters. The Bertz CT molecular complexity index is 1440. The number of nitrogens with zero attached hydrogens (tertiary/aromatic N) is 2. The highest BCUT2D eigenvalue weighted by molar-refractivity contribution is 5.96. The van der Waals surface area contributed by atoms with Crippen LogP contribution in [-0.4, -0.2) is 33.5 Å². The number of carbonyl (C=O) groups is 2. The third-order valence-corrected chi connectivity index (χ3v) is 6.87. The van der Waals surface area contributed by atoms with Gasteiger partial charge in [0.15, 0.2) is 0 Å². The predicted molar refractivity (Wildman–Crippen MR) is 142 cm³/mol. The van der Waals surface area contributed by atoms with E-state index in [2.05, 4.69) is 21.4 Å². The molecule has 5 rings (SSSR count). The lowest BCUT2D eigenvalue weighted by Gasteiger charge is -2.30. The van der Waals surface area contributed by atoms with Gasteiger partial charge in [-0.2, -0.15) is 0 Å². The molecule has 7 heteroatoms. The van der Waals surface area contributed by atoms with Crippen LogP contribution >= 0.6 is 0 Å².